The maximum atomic E-state index is 5.93. The molecule has 3 heterocycles. The Morgan fingerprint density at radius 2 is 2.24 bits per heavy atom. The molecule has 1 saturated heterocycles. The zero-order valence-corrected chi connectivity index (χ0v) is 10.00. The largest absolute Gasteiger partial charge is 0.383 e. The summed E-state index contributed by atoms with van der Waals surface area (Å²) in [6, 6.07) is 1.95. The molecule has 0 radical (unpaired) electrons. The van der Waals surface area contributed by atoms with E-state index < -0.39 is 0 Å². The first kappa shape index (κ1) is 10.5. The fraction of sp³-hybridized carbons (Fsp3) is 0.500. The fourth-order valence-corrected chi connectivity index (χ4v) is 2.60. The molecule has 5 nitrogen and oxygen atoms in total. The molecular weight excluding hydrogens is 216 g/mol. The zero-order chi connectivity index (χ0) is 12.0. The Morgan fingerprint density at radius 3 is 2.94 bits per heavy atom. The van der Waals surface area contributed by atoms with Crippen molar-refractivity contribution in [3.8, 4) is 0 Å². The molecule has 2 aromatic heterocycles. The van der Waals surface area contributed by atoms with Crippen molar-refractivity contribution in [2.75, 3.05) is 5.73 Å². The SMILES string of the molecule is C[C@@H]1C[C@H](C)[C@H](n2ccc3c(N)ncnc32)O1. The second-order valence-corrected chi connectivity index (χ2v) is 4.77. The molecule has 2 aromatic rings. The van der Waals surface area contributed by atoms with Crippen molar-refractivity contribution in [2.24, 2.45) is 5.92 Å². The van der Waals surface area contributed by atoms with E-state index in [2.05, 4.69) is 28.4 Å². The van der Waals surface area contributed by atoms with Gasteiger partial charge in [-0.3, -0.25) is 0 Å². The van der Waals surface area contributed by atoms with Crippen LogP contribution in [0.3, 0.4) is 0 Å². The van der Waals surface area contributed by atoms with Gasteiger partial charge in [0.05, 0.1) is 11.5 Å². The van der Waals surface area contributed by atoms with Crippen LogP contribution in [0.2, 0.25) is 0 Å². The van der Waals surface area contributed by atoms with Gasteiger partial charge in [0, 0.05) is 12.1 Å². The molecule has 3 atom stereocenters. The van der Waals surface area contributed by atoms with E-state index in [0.717, 1.165) is 17.5 Å². The van der Waals surface area contributed by atoms with E-state index >= 15 is 0 Å². The smallest absolute Gasteiger partial charge is 0.147 e. The van der Waals surface area contributed by atoms with Crippen LogP contribution in [0.1, 0.15) is 26.5 Å². The van der Waals surface area contributed by atoms with Gasteiger partial charge >= 0.3 is 0 Å². The van der Waals surface area contributed by atoms with E-state index in [1.54, 1.807) is 0 Å². The molecule has 2 N–H and O–H groups in total. The molecule has 17 heavy (non-hydrogen) atoms. The van der Waals surface area contributed by atoms with E-state index in [-0.39, 0.29) is 6.23 Å². The average molecular weight is 232 g/mol. The first-order chi connectivity index (χ1) is 8.16. The summed E-state index contributed by atoms with van der Waals surface area (Å²) in [4.78, 5) is 8.29. The first-order valence-electron chi connectivity index (χ1n) is 5.89. The Morgan fingerprint density at radius 1 is 1.41 bits per heavy atom. The number of nitrogens with zero attached hydrogens (tertiary/aromatic N) is 3. The molecule has 0 unspecified atom stereocenters. The van der Waals surface area contributed by atoms with Crippen LogP contribution in [0.15, 0.2) is 18.6 Å². The van der Waals surface area contributed by atoms with Crippen LogP contribution in [-0.4, -0.2) is 20.6 Å². The van der Waals surface area contributed by atoms with E-state index in [0.29, 0.717) is 17.8 Å². The molecule has 0 spiro atoms. The molecule has 0 bridgehead atoms. The van der Waals surface area contributed by atoms with Crippen LogP contribution in [0.5, 0.6) is 0 Å². The first-order valence-corrected chi connectivity index (χ1v) is 5.89. The highest BCUT2D eigenvalue weighted by Crippen LogP contribution is 2.36. The monoisotopic (exact) mass is 232 g/mol. The van der Waals surface area contributed by atoms with Gasteiger partial charge in [-0.25, -0.2) is 9.97 Å². The normalized spacial score (nSPS) is 28.9. The summed E-state index contributed by atoms with van der Waals surface area (Å²) in [5.41, 5.74) is 6.68. The van der Waals surface area contributed by atoms with Crippen molar-refractivity contribution in [1.29, 1.82) is 0 Å². The Hall–Kier alpha value is -1.62. The van der Waals surface area contributed by atoms with E-state index in [1.807, 2.05) is 12.3 Å². The van der Waals surface area contributed by atoms with Gasteiger partial charge in [-0.05, 0) is 19.4 Å². The van der Waals surface area contributed by atoms with Gasteiger partial charge in [-0.2, -0.15) is 0 Å². The zero-order valence-electron chi connectivity index (χ0n) is 10.00. The highest BCUT2D eigenvalue weighted by Gasteiger charge is 2.31. The minimum absolute atomic E-state index is 0.0526. The van der Waals surface area contributed by atoms with Crippen molar-refractivity contribution < 1.29 is 4.74 Å². The predicted molar refractivity (Wildman–Crippen MR) is 65.3 cm³/mol. The molecule has 1 aliphatic heterocycles. The average Bonchev–Trinajstić information content (AvgIpc) is 2.83. The second-order valence-electron chi connectivity index (χ2n) is 4.77. The van der Waals surface area contributed by atoms with Crippen LogP contribution in [0, 0.1) is 5.92 Å². The van der Waals surface area contributed by atoms with Crippen molar-refractivity contribution in [3.63, 3.8) is 0 Å². The lowest BCUT2D eigenvalue weighted by Gasteiger charge is -2.17. The number of nitrogen functional groups attached to an aromatic ring is 1. The van der Waals surface area contributed by atoms with Gasteiger partial charge in [0.25, 0.3) is 0 Å². The summed E-state index contributed by atoms with van der Waals surface area (Å²) < 4.78 is 7.98. The summed E-state index contributed by atoms with van der Waals surface area (Å²) >= 11 is 0. The van der Waals surface area contributed by atoms with Gasteiger partial charge in [-0.1, -0.05) is 6.92 Å². The third-order valence-electron chi connectivity index (χ3n) is 3.38. The number of hydrogen-bond donors (Lipinski definition) is 1. The molecular formula is C12H16N4O. The lowest BCUT2D eigenvalue weighted by atomic mass is 10.1. The molecule has 0 amide bonds. The number of aromatic nitrogens is 3. The standard InChI is InChI=1S/C12H16N4O/c1-7-5-8(2)17-12(7)16-4-3-9-10(13)14-6-15-11(9)16/h3-4,6-8,12H,5H2,1-2H3,(H2,13,14,15)/t7-,8+,12+/m0/s1. The molecule has 90 valence electrons. The maximum Gasteiger partial charge on any atom is 0.147 e. The van der Waals surface area contributed by atoms with Crippen molar-refractivity contribution >= 4 is 16.9 Å². The number of nitrogens with two attached hydrogens (primary N) is 1. The topological polar surface area (TPSA) is 66.0 Å². The molecule has 0 aliphatic carbocycles. The van der Waals surface area contributed by atoms with Crippen LogP contribution in [-0.2, 0) is 4.74 Å². The minimum Gasteiger partial charge on any atom is -0.383 e. The Labute approximate surface area is 99.6 Å². The summed E-state index contributed by atoms with van der Waals surface area (Å²) in [7, 11) is 0. The summed E-state index contributed by atoms with van der Waals surface area (Å²) in [5, 5.41) is 0.892. The fourth-order valence-electron chi connectivity index (χ4n) is 2.60. The van der Waals surface area contributed by atoms with Gasteiger partial charge in [0.15, 0.2) is 0 Å². The lowest BCUT2D eigenvalue weighted by Crippen LogP contribution is -2.13. The maximum absolute atomic E-state index is 5.93. The third kappa shape index (κ3) is 1.58. The van der Waals surface area contributed by atoms with Gasteiger partial charge in [-0.15, -0.1) is 0 Å². The number of rotatable bonds is 1. The predicted octanol–water partition coefficient (Wildman–Crippen LogP) is 1.96. The van der Waals surface area contributed by atoms with Crippen LogP contribution >= 0.6 is 0 Å². The molecule has 1 aliphatic rings. The molecule has 3 rings (SSSR count). The minimum atomic E-state index is 0.0526. The van der Waals surface area contributed by atoms with Gasteiger partial charge in [0.1, 0.15) is 24.0 Å². The van der Waals surface area contributed by atoms with Crippen LogP contribution in [0.25, 0.3) is 11.0 Å². The Bertz CT molecular complexity index is 550. The quantitative estimate of drug-likeness (QED) is 0.816. The molecule has 1 fully saturated rings. The molecule has 0 aromatic carbocycles. The highest BCUT2D eigenvalue weighted by atomic mass is 16.5. The molecule has 0 saturated carbocycles. The lowest BCUT2D eigenvalue weighted by molar-refractivity contribution is 0.000249. The number of hydrogen-bond acceptors (Lipinski definition) is 4. The van der Waals surface area contributed by atoms with Crippen molar-refractivity contribution in [3.05, 3.63) is 18.6 Å². The van der Waals surface area contributed by atoms with Crippen LogP contribution < -0.4 is 5.73 Å². The second kappa shape index (κ2) is 3.70. The van der Waals surface area contributed by atoms with Crippen LogP contribution in [0.4, 0.5) is 5.82 Å². The number of ether oxygens (including phenoxy) is 1. The van der Waals surface area contributed by atoms with E-state index in [1.165, 1.54) is 6.33 Å². The Kier molecular flexibility index (Phi) is 2.29. The Balaban J connectivity index is 2.09. The highest BCUT2D eigenvalue weighted by molar-refractivity contribution is 5.86. The molecule has 5 heteroatoms. The third-order valence-corrected chi connectivity index (χ3v) is 3.38. The summed E-state index contributed by atoms with van der Waals surface area (Å²) in [6.45, 7) is 4.30. The van der Waals surface area contributed by atoms with Gasteiger partial charge in [0.2, 0.25) is 0 Å². The summed E-state index contributed by atoms with van der Waals surface area (Å²) in [5.74, 6) is 1.00. The van der Waals surface area contributed by atoms with Gasteiger partial charge < -0.3 is 15.0 Å². The number of fused-ring (bicyclic) bond motifs is 1. The van der Waals surface area contributed by atoms with E-state index in [9.17, 15) is 0 Å². The summed E-state index contributed by atoms with van der Waals surface area (Å²) in [6.07, 6.45) is 4.90. The number of anilines is 1. The van der Waals surface area contributed by atoms with Crippen molar-refractivity contribution in [2.45, 2.75) is 32.6 Å². The van der Waals surface area contributed by atoms with Crippen molar-refractivity contribution in [1.82, 2.24) is 14.5 Å². The van der Waals surface area contributed by atoms with E-state index in [4.69, 9.17) is 10.5 Å².